The molecular formula is C11H18N2. The summed E-state index contributed by atoms with van der Waals surface area (Å²) in [4.78, 5) is 8.80. The van der Waals surface area contributed by atoms with Gasteiger partial charge in [0.1, 0.15) is 0 Å². The molecular weight excluding hydrogens is 160 g/mol. The van der Waals surface area contributed by atoms with Crippen molar-refractivity contribution in [3.05, 3.63) is 23.3 Å². The third-order valence-electron chi connectivity index (χ3n) is 2.41. The van der Waals surface area contributed by atoms with E-state index in [0.717, 1.165) is 23.5 Å². The van der Waals surface area contributed by atoms with Crippen LogP contribution in [-0.4, -0.2) is 9.97 Å². The van der Waals surface area contributed by atoms with Crippen molar-refractivity contribution in [2.24, 2.45) is 5.92 Å². The first-order valence-corrected chi connectivity index (χ1v) is 4.92. The molecule has 0 radical (unpaired) electrons. The average molecular weight is 178 g/mol. The Morgan fingerprint density at radius 2 is 2.08 bits per heavy atom. The molecule has 1 atom stereocenters. The second-order valence-corrected chi connectivity index (χ2v) is 3.76. The third-order valence-corrected chi connectivity index (χ3v) is 2.41. The molecule has 0 unspecified atom stereocenters. The Kier molecular flexibility index (Phi) is 3.40. The molecule has 0 saturated carbocycles. The van der Waals surface area contributed by atoms with Crippen molar-refractivity contribution in [3.8, 4) is 0 Å². The lowest BCUT2D eigenvalue weighted by Gasteiger charge is -2.09. The molecule has 0 aliphatic rings. The summed E-state index contributed by atoms with van der Waals surface area (Å²) in [5.41, 5.74) is 3.24. The molecule has 1 aromatic rings. The van der Waals surface area contributed by atoms with E-state index in [0.29, 0.717) is 5.92 Å². The van der Waals surface area contributed by atoms with Gasteiger partial charge in [-0.25, -0.2) is 0 Å². The summed E-state index contributed by atoms with van der Waals surface area (Å²) in [5.74, 6) is 0.704. The van der Waals surface area contributed by atoms with Gasteiger partial charge < -0.3 is 0 Å². The van der Waals surface area contributed by atoms with Crippen LogP contribution in [0.3, 0.4) is 0 Å². The Bertz CT molecular complexity index is 281. The lowest BCUT2D eigenvalue weighted by atomic mass is 10.0. The molecule has 2 nitrogen and oxygen atoms in total. The molecule has 1 rings (SSSR count). The minimum absolute atomic E-state index is 0.704. The first kappa shape index (κ1) is 10.2. The molecule has 0 aromatic carbocycles. The number of hydrogen-bond acceptors (Lipinski definition) is 2. The molecule has 0 saturated heterocycles. The van der Waals surface area contributed by atoms with Gasteiger partial charge in [0.2, 0.25) is 0 Å². The Hall–Kier alpha value is -0.920. The van der Waals surface area contributed by atoms with Crippen LogP contribution >= 0.6 is 0 Å². The summed E-state index contributed by atoms with van der Waals surface area (Å²) < 4.78 is 0. The smallest absolute Gasteiger partial charge is 0.0618 e. The average Bonchev–Trinajstić information content (AvgIpc) is 2.09. The molecule has 1 heterocycles. The van der Waals surface area contributed by atoms with E-state index in [1.807, 2.05) is 20.0 Å². The highest BCUT2D eigenvalue weighted by Gasteiger charge is 2.05. The lowest BCUT2D eigenvalue weighted by Crippen LogP contribution is -2.04. The van der Waals surface area contributed by atoms with Crippen LogP contribution < -0.4 is 0 Å². The fourth-order valence-electron chi connectivity index (χ4n) is 1.30. The van der Waals surface area contributed by atoms with Gasteiger partial charge in [0.05, 0.1) is 17.1 Å². The highest BCUT2D eigenvalue weighted by atomic mass is 14.8. The molecule has 0 aliphatic carbocycles. The van der Waals surface area contributed by atoms with Gasteiger partial charge in [0.15, 0.2) is 0 Å². The third kappa shape index (κ3) is 2.79. The minimum Gasteiger partial charge on any atom is -0.258 e. The van der Waals surface area contributed by atoms with Crippen LogP contribution in [0.5, 0.6) is 0 Å². The normalized spacial score (nSPS) is 12.9. The van der Waals surface area contributed by atoms with Gasteiger partial charge in [-0.05, 0) is 26.2 Å². The summed E-state index contributed by atoms with van der Waals surface area (Å²) in [7, 11) is 0. The summed E-state index contributed by atoms with van der Waals surface area (Å²) in [6, 6.07) is 0. The van der Waals surface area contributed by atoms with Crippen molar-refractivity contribution >= 4 is 0 Å². The molecule has 0 spiro atoms. The lowest BCUT2D eigenvalue weighted by molar-refractivity contribution is 0.548. The predicted molar refractivity (Wildman–Crippen MR) is 54.7 cm³/mol. The Labute approximate surface area is 80.4 Å². The van der Waals surface area contributed by atoms with E-state index in [1.54, 1.807) is 0 Å². The largest absolute Gasteiger partial charge is 0.258 e. The topological polar surface area (TPSA) is 25.8 Å². The molecule has 1 aromatic heterocycles. The Balaban J connectivity index is 2.77. The Morgan fingerprint density at radius 3 is 2.62 bits per heavy atom. The van der Waals surface area contributed by atoms with E-state index in [-0.39, 0.29) is 0 Å². The van der Waals surface area contributed by atoms with Gasteiger partial charge in [-0.2, -0.15) is 0 Å². The molecule has 0 amide bonds. The fraction of sp³-hybridized carbons (Fsp3) is 0.636. The first-order chi connectivity index (χ1) is 6.13. The van der Waals surface area contributed by atoms with Crippen molar-refractivity contribution in [1.29, 1.82) is 0 Å². The maximum absolute atomic E-state index is 4.40. The van der Waals surface area contributed by atoms with Crippen LogP contribution in [0.2, 0.25) is 0 Å². The van der Waals surface area contributed by atoms with E-state index in [9.17, 15) is 0 Å². The van der Waals surface area contributed by atoms with E-state index in [1.165, 1.54) is 6.42 Å². The van der Waals surface area contributed by atoms with E-state index in [2.05, 4.69) is 23.8 Å². The van der Waals surface area contributed by atoms with E-state index in [4.69, 9.17) is 0 Å². The second-order valence-electron chi connectivity index (χ2n) is 3.76. The first-order valence-electron chi connectivity index (χ1n) is 4.92. The van der Waals surface area contributed by atoms with Gasteiger partial charge in [-0.1, -0.05) is 20.3 Å². The number of nitrogens with zero attached hydrogens (tertiary/aromatic N) is 2. The highest BCUT2D eigenvalue weighted by molar-refractivity contribution is 5.12. The maximum Gasteiger partial charge on any atom is 0.0618 e. The fourth-order valence-corrected chi connectivity index (χ4v) is 1.30. The summed E-state index contributed by atoms with van der Waals surface area (Å²) in [6.07, 6.45) is 4.11. The van der Waals surface area contributed by atoms with Crippen LogP contribution in [0.15, 0.2) is 6.20 Å². The maximum atomic E-state index is 4.40. The highest BCUT2D eigenvalue weighted by Crippen LogP contribution is 2.11. The Morgan fingerprint density at radius 1 is 1.38 bits per heavy atom. The SMILES string of the molecule is CC[C@@H](C)Cc1ncc(C)nc1C. The molecule has 72 valence electrons. The second kappa shape index (κ2) is 4.35. The van der Waals surface area contributed by atoms with Crippen LogP contribution in [-0.2, 0) is 6.42 Å². The van der Waals surface area contributed by atoms with Crippen molar-refractivity contribution < 1.29 is 0 Å². The number of hydrogen-bond donors (Lipinski definition) is 0. The van der Waals surface area contributed by atoms with Crippen molar-refractivity contribution in [1.82, 2.24) is 9.97 Å². The molecule has 2 heteroatoms. The summed E-state index contributed by atoms with van der Waals surface area (Å²) >= 11 is 0. The van der Waals surface area contributed by atoms with Crippen molar-refractivity contribution in [3.63, 3.8) is 0 Å². The van der Waals surface area contributed by atoms with Crippen LogP contribution in [0, 0.1) is 19.8 Å². The quantitative estimate of drug-likeness (QED) is 0.711. The van der Waals surface area contributed by atoms with Gasteiger partial charge in [0.25, 0.3) is 0 Å². The van der Waals surface area contributed by atoms with Gasteiger partial charge in [-0.15, -0.1) is 0 Å². The van der Waals surface area contributed by atoms with Crippen LogP contribution in [0.4, 0.5) is 0 Å². The molecule has 0 aliphatic heterocycles. The molecule has 0 N–H and O–H groups in total. The van der Waals surface area contributed by atoms with Gasteiger partial charge in [0, 0.05) is 6.20 Å². The zero-order valence-electron chi connectivity index (χ0n) is 8.96. The zero-order valence-corrected chi connectivity index (χ0v) is 8.96. The monoisotopic (exact) mass is 178 g/mol. The van der Waals surface area contributed by atoms with E-state index < -0.39 is 0 Å². The summed E-state index contributed by atoms with van der Waals surface area (Å²) in [5, 5.41) is 0. The van der Waals surface area contributed by atoms with Gasteiger partial charge >= 0.3 is 0 Å². The van der Waals surface area contributed by atoms with Crippen molar-refractivity contribution in [2.75, 3.05) is 0 Å². The standard InChI is InChI=1S/C11H18N2/c1-5-8(2)6-11-10(4)13-9(3)7-12-11/h7-8H,5-6H2,1-4H3/t8-/m1/s1. The van der Waals surface area contributed by atoms with Crippen LogP contribution in [0.25, 0.3) is 0 Å². The number of aryl methyl sites for hydroxylation is 2. The summed E-state index contributed by atoms with van der Waals surface area (Å²) in [6.45, 7) is 8.48. The predicted octanol–water partition coefficient (Wildman–Crippen LogP) is 2.68. The van der Waals surface area contributed by atoms with Crippen LogP contribution in [0.1, 0.15) is 37.4 Å². The zero-order chi connectivity index (χ0) is 9.84. The van der Waals surface area contributed by atoms with Gasteiger partial charge in [-0.3, -0.25) is 9.97 Å². The molecule has 13 heavy (non-hydrogen) atoms. The minimum atomic E-state index is 0.704. The number of rotatable bonds is 3. The van der Waals surface area contributed by atoms with Crippen molar-refractivity contribution in [2.45, 2.75) is 40.5 Å². The molecule has 0 bridgehead atoms. The number of aromatic nitrogens is 2. The molecule has 0 fully saturated rings. The van der Waals surface area contributed by atoms with E-state index >= 15 is 0 Å².